The number of aliphatic imine (C=N–C) groups is 1. The fourth-order valence-electron chi connectivity index (χ4n) is 4.90. The molecule has 0 saturated heterocycles. The van der Waals surface area contributed by atoms with Gasteiger partial charge in [0.15, 0.2) is 11.4 Å². The number of amides is 1. The van der Waals surface area contributed by atoms with Gasteiger partial charge in [-0.2, -0.15) is 0 Å². The largest absolute Gasteiger partial charge is 0.508 e. The monoisotopic (exact) mass is 441 g/mol. The number of carbonyl (C=O) groups excluding carboxylic acids is 3. The number of aliphatic hydroxyl groups is 3. The van der Waals surface area contributed by atoms with Crippen LogP contribution in [0.3, 0.4) is 0 Å². The number of phenolic OH excluding ortho intramolecular Hbond substituents is 1. The molecule has 3 aliphatic carbocycles. The van der Waals surface area contributed by atoms with Crippen molar-refractivity contribution in [3.05, 3.63) is 40.2 Å². The van der Waals surface area contributed by atoms with Crippen LogP contribution >= 0.6 is 0 Å². The van der Waals surface area contributed by atoms with Crippen molar-refractivity contribution < 1.29 is 34.8 Å². The van der Waals surface area contributed by atoms with E-state index in [1.54, 1.807) is 31.4 Å². The Morgan fingerprint density at radius 3 is 2.53 bits per heavy atom. The smallest absolute Gasteiger partial charge is 0.255 e. The molecular weight excluding hydrogens is 418 g/mol. The Balaban J connectivity index is 1.91. The van der Waals surface area contributed by atoms with E-state index in [4.69, 9.17) is 5.73 Å². The van der Waals surface area contributed by atoms with Crippen LogP contribution in [-0.2, 0) is 20.8 Å². The molecule has 4 rings (SSSR count). The fraction of sp³-hybridized carbons (Fsp3) is 0.364. The number of nitrogens with zero attached hydrogens (tertiary/aromatic N) is 2. The van der Waals surface area contributed by atoms with E-state index in [1.807, 2.05) is 0 Å². The lowest BCUT2D eigenvalue weighted by molar-refractivity contribution is -0.147. The van der Waals surface area contributed by atoms with E-state index in [2.05, 4.69) is 4.99 Å². The van der Waals surface area contributed by atoms with Gasteiger partial charge >= 0.3 is 0 Å². The Morgan fingerprint density at radius 1 is 1.22 bits per heavy atom. The first-order chi connectivity index (χ1) is 15.0. The van der Waals surface area contributed by atoms with E-state index in [0.29, 0.717) is 11.3 Å². The van der Waals surface area contributed by atoms with E-state index in [9.17, 15) is 34.8 Å². The van der Waals surface area contributed by atoms with Crippen LogP contribution in [0.1, 0.15) is 24.0 Å². The molecule has 0 aliphatic heterocycles. The zero-order chi connectivity index (χ0) is 23.5. The number of aliphatic hydroxyl groups excluding tert-OH is 2. The van der Waals surface area contributed by atoms with Gasteiger partial charge in [-0.25, -0.2) is 4.99 Å². The number of aromatic hydroxyl groups is 1. The standard InChI is InChI=1S/C22H23N3O7/c1-25(2)8-24-12-3-4-13(26)16-11(12)6-9-5-10-7-14(27)17(21(23)31)20(30)22(10,32)19(29)15(9)18(16)28/h3-4,8-10,26,28,30,32H,5-7H2,1-2H3,(H2,23,31). The molecule has 10 heteroatoms. The van der Waals surface area contributed by atoms with Crippen LogP contribution in [0.15, 0.2) is 34.0 Å². The maximum absolute atomic E-state index is 13.4. The van der Waals surface area contributed by atoms with Crippen molar-refractivity contribution in [2.45, 2.75) is 24.9 Å². The first-order valence-corrected chi connectivity index (χ1v) is 10.0. The lowest BCUT2D eigenvalue weighted by Crippen LogP contribution is -2.58. The summed E-state index contributed by atoms with van der Waals surface area (Å²) in [6, 6.07) is 2.93. The average molecular weight is 441 g/mol. The first kappa shape index (κ1) is 21.6. The summed E-state index contributed by atoms with van der Waals surface area (Å²) >= 11 is 0. The van der Waals surface area contributed by atoms with E-state index in [-0.39, 0.29) is 36.1 Å². The summed E-state index contributed by atoms with van der Waals surface area (Å²) in [7, 11) is 3.57. The topological polar surface area (TPSA) is 174 Å². The number of Topliss-reactive ketones (excluding diaryl/α,β-unsaturated/α-hetero) is 2. The Hall–Kier alpha value is -3.66. The first-order valence-electron chi connectivity index (χ1n) is 10.0. The number of carbonyl (C=O) groups is 3. The molecule has 1 aromatic carbocycles. The second-order valence-electron chi connectivity index (χ2n) is 8.57. The Kier molecular flexibility index (Phi) is 4.85. The third-order valence-electron chi connectivity index (χ3n) is 6.35. The van der Waals surface area contributed by atoms with Crippen molar-refractivity contribution >= 4 is 35.3 Å². The highest BCUT2D eigenvalue weighted by atomic mass is 16.3. The highest BCUT2D eigenvalue weighted by Gasteiger charge is 2.60. The van der Waals surface area contributed by atoms with Crippen LogP contribution in [0.4, 0.5) is 5.69 Å². The minimum absolute atomic E-state index is 0.0190. The van der Waals surface area contributed by atoms with Gasteiger partial charge in [0.25, 0.3) is 5.91 Å². The van der Waals surface area contributed by atoms with Gasteiger partial charge in [-0.1, -0.05) is 0 Å². The lowest BCUT2D eigenvalue weighted by Gasteiger charge is -2.46. The maximum Gasteiger partial charge on any atom is 0.255 e. The second-order valence-corrected chi connectivity index (χ2v) is 8.57. The molecule has 6 N–H and O–H groups in total. The molecule has 0 bridgehead atoms. The third kappa shape index (κ3) is 2.90. The van der Waals surface area contributed by atoms with Crippen LogP contribution in [0.2, 0.25) is 0 Å². The highest BCUT2D eigenvalue weighted by Crippen LogP contribution is 2.52. The number of phenols is 1. The SMILES string of the molecule is CN(C)C=Nc1ccc(O)c2c1CC1CC3CC(=O)C(C(N)=O)=C(O)C3(O)C(=O)C1=C2O. The zero-order valence-corrected chi connectivity index (χ0v) is 17.5. The molecule has 32 heavy (non-hydrogen) atoms. The molecule has 3 atom stereocenters. The van der Waals surface area contributed by atoms with Gasteiger partial charge in [0, 0.05) is 32.0 Å². The fourth-order valence-corrected chi connectivity index (χ4v) is 4.90. The average Bonchev–Trinajstić information content (AvgIpc) is 2.69. The number of nitrogens with two attached hydrogens (primary N) is 1. The second kappa shape index (κ2) is 7.20. The van der Waals surface area contributed by atoms with Crippen LogP contribution in [0, 0.1) is 11.8 Å². The summed E-state index contributed by atoms with van der Waals surface area (Å²) in [4.78, 5) is 43.5. The summed E-state index contributed by atoms with van der Waals surface area (Å²) in [6.07, 6.45) is 1.49. The Bertz CT molecular complexity index is 1160. The minimum atomic E-state index is -2.56. The van der Waals surface area contributed by atoms with Gasteiger partial charge < -0.3 is 31.1 Å². The van der Waals surface area contributed by atoms with Crippen LogP contribution in [0.25, 0.3) is 5.76 Å². The molecule has 0 radical (unpaired) electrons. The number of hydrogen-bond acceptors (Lipinski definition) is 8. The van der Waals surface area contributed by atoms with Crippen molar-refractivity contribution in [3.63, 3.8) is 0 Å². The molecule has 0 aromatic heterocycles. The van der Waals surface area contributed by atoms with Gasteiger partial charge in [0.1, 0.15) is 22.8 Å². The number of hydrogen-bond donors (Lipinski definition) is 5. The van der Waals surface area contributed by atoms with Crippen molar-refractivity contribution in [2.75, 3.05) is 14.1 Å². The molecule has 10 nitrogen and oxygen atoms in total. The quantitative estimate of drug-likeness (QED) is 0.258. The number of primary amides is 1. The molecule has 1 fully saturated rings. The lowest BCUT2D eigenvalue weighted by atomic mass is 9.59. The van der Waals surface area contributed by atoms with Gasteiger partial charge in [-0.05, 0) is 36.5 Å². The van der Waals surface area contributed by atoms with Gasteiger partial charge in [-0.3, -0.25) is 14.4 Å². The molecular formula is C22H23N3O7. The minimum Gasteiger partial charge on any atom is -0.508 e. The normalized spacial score (nSPS) is 27.3. The van der Waals surface area contributed by atoms with Crippen LogP contribution < -0.4 is 5.73 Å². The van der Waals surface area contributed by atoms with Gasteiger partial charge in [0.2, 0.25) is 5.78 Å². The van der Waals surface area contributed by atoms with Crippen molar-refractivity contribution in [1.29, 1.82) is 0 Å². The van der Waals surface area contributed by atoms with Crippen molar-refractivity contribution in [3.8, 4) is 5.75 Å². The van der Waals surface area contributed by atoms with Gasteiger partial charge in [-0.15, -0.1) is 0 Å². The molecule has 3 aliphatic rings. The summed E-state index contributed by atoms with van der Waals surface area (Å²) in [5.41, 5.74) is 2.65. The zero-order valence-electron chi connectivity index (χ0n) is 17.5. The Labute approximate surface area is 183 Å². The van der Waals surface area contributed by atoms with E-state index in [1.165, 1.54) is 6.07 Å². The summed E-state index contributed by atoms with van der Waals surface area (Å²) in [5.74, 6) is -6.50. The predicted molar refractivity (Wildman–Crippen MR) is 113 cm³/mol. The molecule has 168 valence electrons. The number of fused-ring (bicyclic) bond motifs is 3. The van der Waals surface area contributed by atoms with E-state index >= 15 is 0 Å². The third-order valence-corrected chi connectivity index (χ3v) is 6.35. The van der Waals surface area contributed by atoms with Gasteiger partial charge in [0.05, 0.1) is 17.6 Å². The van der Waals surface area contributed by atoms with Crippen molar-refractivity contribution in [2.24, 2.45) is 22.6 Å². The molecule has 3 unspecified atom stereocenters. The number of benzene rings is 1. The molecule has 1 aromatic rings. The number of ketones is 2. The Morgan fingerprint density at radius 2 is 1.91 bits per heavy atom. The molecule has 1 saturated carbocycles. The van der Waals surface area contributed by atoms with Crippen LogP contribution in [-0.4, -0.2) is 68.8 Å². The highest BCUT2D eigenvalue weighted by molar-refractivity contribution is 6.22. The van der Waals surface area contributed by atoms with E-state index in [0.717, 1.165) is 0 Å². The summed E-state index contributed by atoms with van der Waals surface area (Å²) in [6.45, 7) is 0. The maximum atomic E-state index is 13.4. The molecule has 1 amide bonds. The molecule has 0 heterocycles. The summed E-state index contributed by atoms with van der Waals surface area (Å²) in [5, 5.41) is 43.1. The number of rotatable bonds is 3. The summed E-state index contributed by atoms with van der Waals surface area (Å²) < 4.78 is 0. The van der Waals surface area contributed by atoms with Crippen molar-refractivity contribution in [1.82, 2.24) is 4.90 Å². The van der Waals surface area contributed by atoms with E-state index < -0.39 is 52.0 Å². The predicted octanol–water partition coefficient (Wildman–Crippen LogP) is 0.645. The molecule has 0 spiro atoms. The van der Waals surface area contributed by atoms with Crippen LogP contribution in [0.5, 0.6) is 5.75 Å².